The number of alkyl halides is 1. The molecule has 1 heterocycles. The predicted octanol–water partition coefficient (Wildman–Crippen LogP) is 0.126. The number of hydrogen-bond acceptors (Lipinski definition) is 7. The highest BCUT2D eigenvalue weighted by Gasteiger charge is 2.08. The standard InChI is InChI=1S/C9H13ClN6O/c1-16(2)8-13-7(5-12-6-11)14-9(15-8)17-4-3-10/h12H,3-5H2,1-2H3. The second-order valence-corrected chi connectivity index (χ2v) is 3.61. The zero-order valence-electron chi connectivity index (χ0n) is 9.64. The van der Waals surface area contributed by atoms with Crippen LogP contribution in [0, 0.1) is 11.5 Å². The number of hydrogen-bond donors (Lipinski definition) is 1. The highest BCUT2D eigenvalue weighted by molar-refractivity contribution is 6.17. The largest absolute Gasteiger partial charge is 0.462 e. The first kappa shape index (κ1) is 13.3. The third-order valence-electron chi connectivity index (χ3n) is 1.68. The van der Waals surface area contributed by atoms with E-state index in [4.69, 9.17) is 21.6 Å². The molecule has 0 aliphatic carbocycles. The van der Waals surface area contributed by atoms with Crippen LogP contribution in [0.4, 0.5) is 5.95 Å². The Morgan fingerprint density at radius 3 is 2.76 bits per heavy atom. The van der Waals surface area contributed by atoms with Gasteiger partial charge in [0.2, 0.25) is 5.95 Å². The summed E-state index contributed by atoms with van der Waals surface area (Å²) in [6, 6.07) is 0.207. The average molecular weight is 257 g/mol. The quantitative estimate of drug-likeness (QED) is 0.440. The molecular weight excluding hydrogens is 244 g/mol. The Bertz CT molecular complexity index is 405. The van der Waals surface area contributed by atoms with Crippen LogP contribution in [0.2, 0.25) is 0 Å². The zero-order chi connectivity index (χ0) is 12.7. The van der Waals surface area contributed by atoms with Gasteiger partial charge >= 0.3 is 6.01 Å². The predicted molar refractivity (Wildman–Crippen MR) is 62.8 cm³/mol. The molecule has 8 heteroatoms. The Hall–Kier alpha value is -1.81. The summed E-state index contributed by atoms with van der Waals surface area (Å²) in [5.41, 5.74) is 0. The van der Waals surface area contributed by atoms with Gasteiger partial charge in [0.25, 0.3) is 0 Å². The van der Waals surface area contributed by atoms with E-state index < -0.39 is 0 Å². The maximum Gasteiger partial charge on any atom is 0.321 e. The lowest BCUT2D eigenvalue weighted by Crippen LogP contribution is -2.18. The van der Waals surface area contributed by atoms with Crippen molar-refractivity contribution in [3.8, 4) is 12.2 Å². The first-order chi connectivity index (χ1) is 8.17. The molecule has 0 fully saturated rings. The second kappa shape index (κ2) is 6.70. The minimum Gasteiger partial charge on any atom is -0.462 e. The Morgan fingerprint density at radius 1 is 1.41 bits per heavy atom. The van der Waals surface area contributed by atoms with E-state index in [-0.39, 0.29) is 12.6 Å². The van der Waals surface area contributed by atoms with Crippen molar-refractivity contribution in [3.63, 3.8) is 0 Å². The van der Waals surface area contributed by atoms with Gasteiger partial charge in [-0.2, -0.15) is 20.2 Å². The lowest BCUT2D eigenvalue weighted by atomic mass is 10.6. The summed E-state index contributed by atoms with van der Waals surface area (Å²) in [6.45, 7) is 0.556. The van der Waals surface area contributed by atoms with Crippen LogP contribution in [0.1, 0.15) is 5.82 Å². The minimum atomic E-state index is 0.207. The van der Waals surface area contributed by atoms with E-state index in [1.165, 1.54) is 0 Å². The van der Waals surface area contributed by atoms with Gasteiger partial charge < -0.3 is 15.0 Å². The first-order valence-corrected chi connectivity index (χ1v) is 5.43. The topological polar surface area (TPSA) is 87.0 Å². The van der Waals surface area contributed by atoms with Gasteiger partial charge in [-0.15, -0.1) is 11.6 Å². The van der Waals surface area contributed by atoms with Crippen LogP contribution >= 0.6 is 11.6 Å². The summed E-state index contributed by atoms with van der Waals surface area (Å²) in [6.07, 6.45) is 1.80. The van der Waals surface area contributed by atoms with Crippen molar-refractivity contribution in [2.24, 2.45) is 0 Å². The molecule has 0 amide bonds. The Balaban J connectivity index is 2.89. The summed E-state index contributed by atoms with van der Waals surface area (Å²) in [5.74, 6) is 1.27. The fraction of sp³-hybridized carbons (Fsp3) is 0.556. The third kappa shape index (κ3) is 4.28. The van der Waals surface area contributed by atoms with Gasteiger partial charge in [0.05, 0.1) is 12.4 Å². The van der Waals surface area contributed by atoms with Crippen molar-refractivity contribution < 1.29 is 4.74 Å². The molecule has 0 aromatic carbocycles. The summed E-state index contributed by atoms with van der Waals surface area (Å²) in [5, 5.41) is 10.9. The zero-order valence-corrected chi connectivity index (χ0v) is 10.4. The fourth-order valence-corrected chi connectivity index (χ4v) is 1.06. The molecule has 0 atom stereocenters. The molecule has 0 unspecified atom stereocenters. The number of nitrogens with zero attached hydrogens (tertiary/aromatic N) is 5. The van der Waals surface area contributed by atoms with Gasteiger partial charge in [-0.05, 0) is 0 Å². The van der Waals surface area contributed by atoms with Crippen molar-refractivity contribution >= 4 is 17.5 Å². The van der Waals surface area contributed by atoms with Crippen molar-refractivity contribution in [1.29, 1.82) is 5.26 Å². The molecule has 0 spiro atoms. The van der Waals surface area contributed by atoms with Crippen LogP contribution in [0.5, 0.6) is 6.01 Å². The number of nitrogens with one attached hydrogen (secondary N) is 1. The second-order valence-electron chi connectivity index (χ2n) is 3.23. The van der Waals surface area contributed by atoms with Crippen molar-refractivity contribution in [2.75, 3.05) is 31.5 Å². The fourth-order valence-electron chi connectivity index (χ4n) is 0.978. The maximum atomic E-state index is 8.43. The molecule has 0 bridgehead atoms. The van der Waals surface area contributed by atoms with Crippen LogP contribution in [0.3, 0.4) is 0 Å². The Morgan fingerprint density at radius 2 is 2.18 bits per heavy atom. The molecule has 0 aliphatic rings. The van der Waals surface area contributed by atoms with E-state index >= 15 is 0 Å². The van der Waals surface area contributed by atoms with E-state index in [9.17, 15) is 0 Å². The van der Waals surface area contributed by atoms with Crippen LogP contribution in [0.25, 0.3) is 0 Å². The highest BCUT2D eigenvalue weighted by atomic mass is 35.5. The number of nitriles is 1. The van der Waals surface area contributed by atoms with E-state index in [0.29, 0.717) is 24.3 Å². The molecule has 0 aliphatic heterocycles. The van der Waals surface area contributed by atoms with Crippen molar-refractivity contribution in [2.45, 2.75) is 6.54 Å². The molecule has 0 radical (unpaired) electrons. The molecular formula is C9H13ClN6O. The van der Waals surface area contributed by atoms with Crippen molar-refractivity contribution in [3.05, 3.63) is 5.82 Å². The van der Waals surface area contributed by atoms with Gasteiger partial charge in [0.15, 0.2) is 12.0 Å². The third-order valence-corrected chi connectivity index (χ3v) is 1.84. The van der Waals surface area contributed by atoms with Crippen LogP contribution in [-0.4, -0.2) is 41.5 Å². The number of ether oxygens (including phenoxy) is 1. The molecule has 1 rings (SSSR count). The molecule has 92 valence electrons. The first-order valence-electron chi connectivity index (χ1n) is 4.90. The molecule has 0 saturated carbocycles. The Labute approximate surface area is 104 Å². The minimum absolute atomic E-state index is 0.207. The van der Waals surface area contributed by atoms with E-state index in [1.54, 1.807) is 11.1 Å². The normalized spacial score (nSPS) is 9.53. The molecule has 0 saturated heterocycles. The van der Waals surface area contributed by atoms with E-state index in [0.717, 1.165) is 0 Å². The molecule has 7 nitrogen and oxygen atoms in total. The highest BCUT2D eigenvalue weighted by Crippen LogP contribution is 2.10. The summed E-state index contributed by atoms with van der Waals surface area (Å²) >= 11 is 5.52. The van der Waals surface area contributed by atoms with Crippen molar-refractivity contribution in [1.82, 2.24) is 20.3 Å². The monoisotopic (exact) mass is 256 g/mol. The summed E-state index contributed by atoms with van der Waals surface area (Å²) < 4.78 is 5.24. The Kier molecular flexibility index (Phi) is 5.23. The lowest BCUT2D eigenvalue weighted by molar-refractivity contribution is 0.312. The number of anilines is 1. The molecule has 17 heavy (non-hydrogen) atoms. The van der Waals surface area contributed by atoms with E-state index in [2.05, 4.69) is 20.3 Å². The summed E-state index contributed by atoms with van der Waals surface area (Å²) in [7, 11) is 3.62. The van der Waals surface area contributed by atoms with Gasteiger partial charge in [0.1, 0.15) is 6.61 Å². The molecule has 1 aromatic heterocycles. The van der Waals surface area contributed by atoms with Gasteiger partial charge in [0, 0.05) is 14.1 Å². The SMILES string of the molecule is CN(C)c1nc(CNC#N)nc(OCCCl)n1. The number of aromatic nitrogens is 3. The number of halogens is 1. The van der Waals surface area contributed by atoms with E-state index in [1.807, 2.05) is 14.1 Å². The van der Waals surface area contributed by atoms with Crippen LogP contribution < -0.4 is 15.0 Å². The molecule has 1 N–H and O–H groups in total. The average Bonchev–Trinajstić information content (AvgIpc) is 2.33. The maximum absolute atomic E-state index is 8.43. The van der Waals surface area contributed by atoms with Gasteiger partial charge in [-0.3, -0.25) is 0 Å². The van der Waals surface area contributed by atoms with Crippen LogP contribution in [0.15, 0.2) is 0 Å². The molecule has 1 aromatic rings. The lowest BCUT2D eigenvalue weighted by Gasteiger charge is -2.12. The van der Waals surface area contributed by atoms with Gasteiger partial charge in [-0.25, -0.2) is 0 Å². The number of rotatable bonds is 6. The van der Waals surface area contributed by atoms with Crippen LogP contribution in [-0.2, 0) is 6.54 Å². The summed E-state index contributed by atoms with van der Waals surface area (Å²) in [4.78, 5) is 14.0. The van der Waals surface area contributed by atoms with Gasteiger partial charge in [-0.1, -0.05) is 0 Å². The smallest absolute Gasteiger partial charge is 0.321 e.